The number of carbonyl (C=O) groups is 1. The van der Waals surface area contributed by atoms with E-state index in [1.165, 1.54) is 0 Å². The van der Waals surface area contributed by atoms with Crippen molar-refractivity contribution >= 4 is 5.91 Å². The predicted molar refractivity (Wildman–Crippen MR) is 67.2 cm³/mol. The van der Waals surface area contributed by atoms with Crippen LogP contribution in [0.4, 0.5) is 0 Å². The summed E-state index contributed by atoms with van der Waals surface area (Å²) in [5.74, 6) is 0.0226. The first kappa shape index (κ1) is 13.2. The van der Waals surface area contributed by atoms with Gasteiger partial charge in [0.05, 0.1) is 17.7 Å². The molecule has 0 saturated heterocycles. The van der Waals surface area contributed by atoms with Gasteiger partial charge in [-0.3, -0.25) is 4.79 Å². The Morgan fingerprint density at radius 3 is 2.24 bits per heavy atom. The summed E-state index contributed by atoms with van der Waals surface area (Å²) in [5.41, 5.74) is 1.24. The molecule has 0 aliphatic heterocycles. The van der Waals surface area contributed by atoms with Crippen molar-refractivity contribution in [2.45, 2.75) is 33.7 Å². The lowest BCUT2D eigenvalue weighted by Gasteiger charge is -2.22. The number of nitrogens with one attached hydrogen (secondary N) is 1. The molecule has 0 aliphatic carbocycles. The van der Waals surface area contributed by atoms with Gasteiger partial charge < -0.3 is 5.32 Å². The second kappa shape index (κ2) is 5.01. The van der Waals surface area contributed by atoms with Gasteiger partial charge in [-0.05, 0) is 24.6 Å². The summed E-state index contributed by atoms with van der Waals surface area (Å²) in [6, 6.07) is 9.28. The molecule has 0 radical (unpaired) electrons. The summed E-state index contributed by atoms with van der Waals surface area (Å²) < 4.78 is 0. The molecule has 0 aliphatic rings. The van der Waals surface area contributed by atoms with E-state index in [0.29, 0.717) is 5.56 Å². The monoisotopic (exact) mass is 230 g/mol. The Morgan fingerprint density at radius 2 is 1.82 bits per heavy atom. The molecule has 90 valence electrons. The molecule has 1 aromatic rings. The molecule has 1 aromatic carbocycles. The van der Waals surface area contributed by atoms with Crippen molar-refractivity contribution in [2.24, 2.45) is 5.41 Å². The molecule has 1 atom stereocenters. The average Bonchev–Trinajstić information content (AvgIpc) is 2.27. The molecule has 17 heavy (non-hydrogen) atoms. The van der Waals surface area contributed by atoms with Crippen LogP contribution in [-0.4, -0.2) is 5.91 Å². The molecule has 1 amide bonds. The van der Waals surface area contributed by atoms with Gasteiger partial charge in [0.25, 0.3) is 0 Å². The minimum absolute atomic E-state index is 0.0226. The van der Waals surface area contributed by atoms with Gasteiger partial charge in [-0.15, -0.1) is 0 Å². The maximum atomic E-state index is 11.8. The van der Waals surface area contributed by atoms with Gasteiger partial charge >= 0.3 is 0 Å². The molecule has 0 aromatic heterocycles. The molecule has 0 fully saturated rings. The van der Waals surface area contributed by atoms with Crippen molar-refractivity contribution in [3.05, 3.63) is 35.4 Å². The number of carbonyl (C=O) groups excluding carboxylic acids is 1. The molecule has 0 heterocycles. The standard InChI is InChI=1S/C14H18N2O/c1-10(16-13(17)14(2,3)4)12-7-5-11(9-15)6-8-12/h5-8,10H,1-4H3,(H,16,17). The lowest BCUT2D eigenvalue weighted by atomic mass is 9.94. The van der Waals surface area contributed by atoms with Crippen LogP contribution in [0.3, 0.4) is 0 Å². The smallest absolute Gasteiger partial charge is 0.225 e. The number of amides is 1. The van der Waals surface area contributed by atoms with Gasteiger partial charge in [-0.2, -0.15) is 5.26 Å². The van der Waals surface area contributed by atoms with E-state index in [9.17, 15) is 4.79 Å². The summed E-state index contributed by atoms with van der Waals surface area (Å²) in [6.45, 7) is 7.58. The van der Waals surface area contributed by atoms with E-state index in [2.05, 4.69) is 11.4 Å². The number of benzene rings is 1. The largest absolute Gasteiger partial charge is 0.349 e. The van der Waals surface area contributed by atoms with Gasteiger partial charge in [-0.1, -0.05) is 32.9 Å². The van der Waals surface area contributed by atoms with Gasteiger partial charge in [-0.25, -0.2) is 0 Å². The lowest BCUT2D eigenvalue weighted by Crippen LogP contribution is -2.36. The molecule has 3 heteroatoms. The summed E-state index contributed by atoms with van der Waals surface area (Å²) in [7, 11) is 0. The molecule has 3 nitrogen and oxygen atoms in total. The summed E-state index contributed by atoms with van der Waals surface area (Å²) in [6.07, 6.45) is 0. The van der Waals surface area contributed by atoms with Crippen LogP contribution in [0.25, 0.3) is 0 Å². The Labute approximate surface area is 102 Å². The van der Waals surface area contributed by atoms with Crippen LogP contribution in [0, 0.1) is 16.7 Å². The quantitative estimate of drug-likeness (QED) is 0.849. The zero-order valence-corrected chi connectivity index (χ0v) is 10.7. The fraction of sp³-hybridized carbons (Fsp3) is 0.429. The summed E-state index contributed by atoms with van der Waals surface area (Å²) in [5, 5.41) is 11.7. The number of rotatable bonds is 2. The molecule has 1 rings (SSSR count). The van der Waals surface area contributed by atoms with Crippen LogP contribution in [-0.2, 0) is 4.79 Å². The van der Waals surface area contributed by atoms with E-state index in [1.54, 1.807) is 12.1 Å². The van der Waals surface area contributed by atoms with E-state index in [4.69, 9.17) is 5.26 Å². The van der Waals surface area contributed by atoms with E-state index in [-0.39, 0.29) is 17.4 Å². The van der Waals surface area contributed by atoms with Crippen molar-refractivity contribution < 1.29 is 4.79 Å². The van der Waals surface area contributed by atoms with Crippen LogP contribution >= 0.6 is 0 Å². The van der Waals surface area contributed by atoms with E-state index in [1.807, 2.05) is 39.8 Å². The van der Waals surface area contributed by atoms with Crippen LogP contribution in [0.2, 0.25) is 0 Å². The molecular weight excluding hydrogens is 212 g/mol. The van der Waals surface area contributed by atoms with Crippen LogP contribution < -0.4 is 5.32 Å². The summed E-state index contributed by atoms with van der Waals surface area (Å²) >= 11 is 0. The number of nitrogens with zero attached hydrogens (tertiary/aromatic N) is 1. The van der Waals surface area contributed by atoms with E-state index < -0.39 is 0 Å². The first-order valence-corrected chi connectivity index (χ1v) is 5.65. The van der Waals surface area contributed by atoms with Gasteiger partial charge in [0, 0.05) is 5.41 Å². The number of nitriles is 1. The Balaban J connectivity index is 2.74. The van der Waals surface area contributed by atoms with Crippen LogP contribution in [0.15, 0.2) is 24.3 Å². The zero-order chi connectivity index (χ0) is 13.1. The minimum Gasteiger partial charge on any atom is -0.349 e. The topological polar surface area (TPSA) is 52.9 Å². The SMILES string of the molecule is CC(NC(=O)C(C)(C)C)c1ccc(C#N)cc1. The highest BCUT2D eigenvalue weighted by Crippen LogP contribution is 2.18. The normalized spacial score (nSPS) is 12.6. The molecule has 0 spiro atoms. The molecule has 1 unspecified atom stereocenters. The van der Waals surface area contributed by atoms with Crippen molar-refractivity contribution in [3.8, 4) is 6.07 Å². The third-order valence-electron chi connectivity index (χ3n) is 2.57. The van der Waals surface area contributed by atoms with Crippen LogP contribution in [0.5, 0.6) is 0 Å². The van der Waals surface area contributed by atoms with Crippen molar-refractivity contribution in [2.75, 3.05) is 0 Å². The van der Waals surface area contributed by atoms with Crippen LogP contribution in [0.1, 0.15) is 44.9 Å². The Bertz CT molecular complexity index is 435. The number of hydrogen-bond acceptors (Lipinski definition) is 2. The highest BCUT2D eigenvalue weighted by molar-refractivity contribution is 5.81. The predicted octanol–water partition coefficient (Wildman–Crippen LogP) is 2.78. The maximum Gasteiger partial charge on any atom is 0.225 e. The highest BCUT2D eigenvalue weighted by Gasteiger charge is 2.22. The third-order valence-corrected chi connectivity index (χ3v) is 2.57. The first-order valence-electron chi connectivity index (χ1n) is 5.65. The fourth-order valence-electron chi connectivity index (χ4n) is 1.34. The minimum atomic E-state index is -0.388. The van der Waals surface area contributed by atoms with Crippen molar-refractivity contribution in [3.63, 3.8) is 0 Å². The van der Waals surface area contributed by atoms with Crippen molar-refractivity contribution in [1.29, 1.82) is 5.26 Å². The molecular formula is C14H18N2O. The summed E-state index contributed by atoms with van der Waals surface area (Å²) in [4.78, 5) is 11.8. The maximum absolute atomic E-state index is 11.8. The van der Waals surface area contributed by atoms with E-state index >= 15 is 0 Å². The third kappa shape index (κ3) is 3.60. The second-order valence-corrected chi connectivity index (χ2v) is 5.18. The zero-order valence-electron chi connectivity index (χ0n) is 10.7. The average molecular weight is 230 g/mol. The van der Waals surface area contributed by atoms with Gasteiger partial charge in [0.15, 0.2) is 0 Å². The first-order chi connectivity index (χ1) is 7.84. The molecule has 0 saturated carbocycles. The number of hydrogen-bond donors (Lipinski definition) is 1. The highest BCUT2D eigenvalue weighted by atomic mass is 16.2. The Hall–Kier alpha value is -1.82. The van der Waals surface area contributed by atoms with Gasteiger partial charge in [0.2, 0.25) is 5.91 Å². The van der Waals surface area contributed by atoms with Crippen molar-refractivity contribution in [1.82, 2.24) is 5.32 Å². The second-order valence-electron chi connectivity index (χ2n) is 5.18. The lowest BCUT2D eigenvalue weighted by molar-refractivity contribution is -0.129. The Kier molecular flexibility index (Phi) is 3.90. The van der Waals surface area contributed by atoms with Gasteiger partial charge in [0.1, 0.15) is 0 Å². The molecule has 0 bridgehead atoms. The fourth-order valence-corrected chi connectivity index (χ4v) is 1.34. The Morgan fingerprint density at radius 1 is 1.29 bits per heavy atom. The van der Waals surface area contributed by atoms with E-state index in [0.717, 1.165) is 5.56 Å². The molecule has 1 N–H and O–H groups in total.